The molecule has 6 nitrogen and oxygen atoms in total. The maximum Gasteiger partial charge on any atom is 0.310 e. The number of esters is 1. The van der Waals surface area contributed by atoms with Crippen LogP contribution >= 0.6 is 11.6 Å². The van der Waals surface area contributed by atoms with E-state index in [9.17, 15) is 4.79 Å². The van der Waals surface area contributed by atoms with Crippen molar-refractivity contribution < 1.29 is 9.53 Å². The summed E-state index contributed by atoms with van der Waals surface area (Å²) in [5, 5.41) is 0.279. The molecule has 0 bridgehead atoms. The van der Waals surface area contributed by atoms with Gasteiger partial charge in [0.25, 0.3) is 0 Å². The van der Waals surface area contributed by atoms with E-state index in [-0.39, 0.29) is 23.0 Å². The Morgan fingerprint density at radius 2 is 2.28 bits per heavy atom. The Balaban J connectivity index is 2.86. The molecule has 0 amide bonds. The Kier molecular flexibility index (Phi) is 5.15. The molecule has 0 saturated carbocycles. The van der Waals surface area contributed by atoms with E-state index in [4.69, 9.17) is 22.1 Å². The van der Waals surface area contributed by atoms with Crippen molar-refractivity contribution in [3.05, 3.63) is 11.2 Å². The Labute approximate surface area is 111 Å². The van der Waals surface area contributed by atoms with Gasteiger partial charge in [-0.2, -0.15) is 4.98 Å². The van der Waals surface area contributed by atoms with Gasteiger partial charge in [0.15, 0.2) is 0 Å². The molecule has 0 radical (unpaired) electrons. The van der Waals surface area contributed by atoms with E-state index in [0.717, 1.165) is 0 Å². The van der Waals surface area contributed by atoms with Crippen LogP contribution in [0.25, 0.3) is 0 Å². The van der Waals surface area contributed by atoms with Crippen molar-refractivity contribution in [3.63, 3.8) is 0 Å². The summed E-state index contributed by atoms with van der Waals surface area (Å²) in [7, 11) is 1.37. The molecule has 1 heterocycles. The summed E-state index contributed by atoms with van der Waals surface area (Å²) >= 11 is 5.83. The maximum absolute atomic E-state index is 11.4. The summed E-state index contributed by atoms with van der Waals surface area (Å²) in [6.07, 6.45) is 0. The average Bonchev–Trinajstić information content (AvgIpc) is 2.33. The third-order valence-electron chi connectivity index (χ3n) is 2.50. The van der Waals surface area contributed by atoms with Crippen LogP contribution in [0.4, 0.5) is 11.8 Å². The van der Waals surface area contributed by atoms with Gasteiger partial charge in [-0.05, 0) is 6.92 Å². The second-order valence-corrected chi connectivity index (χ2v) is 4.26. The molecule has 1 unspecified atom stereocenters. The van der Waals surface area contributed by atoms with Crippen LogP contribution in [0.5, 0.6) is 0 Å². The van der Waals surface area contributed by atoms with E-state index in [1.165, 1.54) is 7.11 Å². The van der Waals surface area contributed by atoms with E-state index in [2.05, 4.69) is 9.97 Å². The molecule has 2 N–H and O–H groups in total. The lowest BCUT2D eigenvalue weighted by Crippen LogP contribution is -2.33. The quantitative estimate of drug-likeness (QED) is 0.644. The average molecular weight is 273 g/mol. The molecule has 100 valence electrons. The number of hydrogen-bond acceptors (Lipinski definition) is 6. The molecular weight excluding hydrogens is 256 g/mol. The number of ether oxygens (including phenoxy) is 1. The highest BCUT2D eigenvalue weighted by atomic mass is 35.5. The second kappa shape index (κ2) is 6.39. The number of methoxy groups -OCH3 is 1. The number of carbonyl (C=O) groups excluding carboxylic acids is 1. The third-order valence-corrected chi connectivity index (χ3v) is 2.70. The number of aromatic nitrogens is 2. The molecule has 0 fully saturated rings. The van der Waals surface area contributed by atoms with E-state index < -0.39 is 0 Å². The van der Waals surface area contributed by atoms with Gasteiger partial charge in [0.05, 0.1) is 13.0 Å². The number of nitrogens with two attached hydrogens (primary N) is 1. The topological polar surface area (TPSA) is 81.3 Å². The molecule has 0 aromatic carbocycles. The minimum Gasteiger partial charge on any atom is -0.469 e. The first-order chi connectivity index (χ1) is 8.47. The zero-order valence-electron chi connectivity index (χ0n) is 10.7. The summed E-state index contributed by atoms with van der Waals surface area (Å²) in [4.78, 5) is 21.2. The number of nitrogens with zero attached hydrogens (tertiary/aromatic N) is 3. The fourth-order valence-corrected chi connectivity index (χ4v) is 1.76. The van der Waals surface area contributed by atoms with Crippen molar-refractivity contribution in [2.24, 2.45) is 5.92 Å². The fourth-order valence-electron chi connectivity index (χ4n) is 1.58. The van der Waals surface area contributed by atoms with Crippen LogP contribution < -0.4 is 10.6 Å². The third kappa shape index (κ3) is 3.73. The van der Waals surface area contributed by atoms with Crippen LogP contribution in [-0.4, -0.2) is 36.1 Å². The zero-order valence-corrected chi connectivity index (χ0v) is 11.4. The lowest BCUT2D eigenvalue weighted by Gasteiger charge is -2.24. The van der Waals surface area contributed by atoms with Gasteiger partial charge < -0.3 is 15.4 Å². The Hall–Kier alpha value is -1.56. The molecule has 1 aromatic heterocycles. The summed E-state index contributed by atoms with van der Waals surface area (Å²) in [6.45, 7) is 4.90. The predicted molar refractivity (Wildman–Crippen MR) is 70.5 cm³/mol. The van der Waals surface area contributed by atoms with Crippen molar-refractivity contribution in [1.29, 1.82) is 0 Å². The molecule has 0 aliphatic heterocycles. The molecular formula is C11H17ClN4O2. The van der Waals surface area contributed by atoms with Gasteiger partial charge in [-0.1, -0.05) is 18.5 Å². The summed E-state index contributed by atoms with van der Waals surface area (Å²) in [6, 6.07) is 1.62. The minimum atomic E-state index is -0.262. The lowest BCUT2D eigenvalue weighted by molar-refractivity contribution is -0.144. The summed E-state index contributed by atoms with van der Waals surface area (Å²) in [5.74, 6) is 0.193. The molecule has 1 atom stereocenters. The Bertz CT molecular complexity index is 407. The SMILES string of the molecule is CCN(CC(C)C(=O)OC)c1cc(Cl)nc(N)n1. The smallest absolute Gasteiger partial charge is 0.310 e. The first-order valence-corrected chi connectivity index (χ1v) is 5.98. The normalized spacial score (nSPS) is 12.0. The maximum atomic E-state index is 11.4. The van der Waals surface area contributed by atoms with Gasteiger partial charge in [-0.3, -0.25) is 4.79 Å². The van der Waals surface area contributed by atoms with Crippen molar-refractivity contribution in [1.82, 2.24) is 9.97 Å². The van der Waals surface area contributed by atoms with Crippen molar-refractivity contribution >= 4 is 29.3 Å². The highest BCUT2D eigenvalue weighted by Crippen LogP contribution is 2.18. The zero-order chi connectivity index (χ0) is 13.7. The van der Waals surface area contributed by atoms with Gasteiger partial charge in [0.1, 0.15) is 11.0 Å². The molecule has 1 aromatic rings. The number of hydrogen-bond donors (Lipinski definition) is 1. The van der Waals surface area contributed by atoms with Crippen LogP contribution in [0.2, 0.25) is 5.15 Å². The molecule has 0 saturated heterocycles. The van der Waals surface area contributed by atoms with Crippen LogP contribution in [0.3, 0.4) is 0 Å². The van der Waals surface area contributed by atoms with Crippen molar-refractivity contribution in [3.8, 4) is 0 Å². The number of carbonyl (C=O) groups is 1. The highest BCUT2D eigenvalue weighted by molar-refractivity contribution is 6.29. The molecule has 0 aliphatic rings. The largest absolute Gasteiger partial charge is 0.469 e. The first-order valence-electron chi connectivity index (χ1n) is 5.60. The molecule has 0 spiro atoms. The number of rotatable bonds is 5. The molecule has 1 rings (SSSR count). The molecule has 7 heteroatoms. The van der Waals surface area contributed by atoms with E-state index in [1.54, 1.807) is 13.0 Å². The van der Waals surface area contributed by atoms with Crippen molar-refractivity contribution in [2.45, 2.75) is 13.8 Å². The lowest BCUT2D eigenvalue weighted by atomic mass is 10.1. The van der Waals surface area contributed by atoms with Gasteiger partial charge in [-0.15, -0.1) is 0 Å². The van der Waals surface area contributed by atoms with Gasteiger partial charge in [0.2, 0.25) is 5.95 Å². The van der Waals surface area contributed by atoms with E-state index in [1.807, 2.05) is 11.8 Å². The fraction of sp³-hybridized carbons (Fsp3) is 0.545. The summed E-state index contributed by atoms with van der Waals surface area (Å²) < 4.78 is 4.69. The number of halogens is 1. The second-order valence-electron chi connectivity index (χ2n) is 3.87. The van der Waals surface area contributed by atoms with Gasteiger partial charge >= 0.3 is 5.97 Å². The van der Waals surface area contributed by atoms with Crippen LogP contribution in [0.1, 0.15) is 13.8 Å². The molecule has 0 aliphatic carbocycles. The Morgan fingerprint density at radius 3 is 2.78 bits per heavy atom. The number of anilines is 2. The highest BCUT2D eigenvalue weighted by Gasteiger charge is 2.18. The predicted octanol–water partition coefficient (Wildman–Crippen LogP) is 1.35. The number of nitrogen functional groups attached to an aromatic ring is 1. The van der Waals surface area contributed by atoms with Gasteiger partial charge in [-0.25, -0.2) is 4.98 Å². The van der Waals surface area contributed by atoms with Crippen LogP contribution in [0, 0.1) is 5.92 Å². The van der Waals surface area contributed by atoms with Crippen LogP contribution in [0.15, 0.2) is 6.07 Å². The summed E-state index contributed by atoms with van der Waals surface area (Å²) in [5.41, 5.74) is 5.54. The molecule has 18 heavy (non-hydrogen) atoms. The van der Waals surface area contributed by atoms with Crippen molar-refractivity contribution in [2.75, 3.05) is 30.8 Å². The minimum absolute atomic E-state index is 0.113. The van der Waals surface area contributed by atoms with E-state index in [0.29, 0.717) is 18.9 Å². The van der Waals surface area contributed by atoms with Gasteiger partial charge in [0, 0.05) is 19.2 Å². The van der Waals surface area contributed by atoms with E-state index >= 15 is 0 Å². The van der Waals surface area contributed by atoms with Crippen LogP contribution in [-0.2, 0) is 9.53 Å². The first kappa shape index (κ1) is 14.5. The Morgan fingerprint density at radius 1 is 1.61 bits per heavy atom. The monoisotopic (exact) mass is 272 g/mol. The standard InChI is InChI=1S/C11H17ClN4O2/c1-4-16(6-7(2)10(17)18-3)9-5-8(12)14-11(13)15-9/h5,7H,4,6H2,1-3H3,(H2,13,14,15).